The zero-order valence-electron chi connectivity index (χ0n) is 14.1. The Hall–Kier alpha value is -3.46. The van der Waals surface area contributed by atoms with Crippen LogP contribution in [0.3, 0.4) is 0 Å². The van der Waals surface area contributed by atoms with Gasteiger partial charge in [0.2, 0.25) is 11.8 Å². The number of amides is 4. The number of nitrogens with zero attached hydrogens (tertiary/aromatic N) is 2. The molecule has 0 aliphatic carbocycles. The summed E-state index contributed by atoms with van der Waals surface area (Å²) in [5.74, 6) is -0.465. The second kappa shape index (κ2) is 7.04. The number of carbonyl (C=O) groups excluding carboxylic acids is 3. The monoisotopic (exact) mass is 381 g/mol. The van der Waals surface area contributed by atoms with Crippen LogP contribution in [-0.2, 0) is 9.59 Å². The highest BCUT2D eigenvalue weighted by atomic mass is 32.1. The van der Waals surface area contributed by atoms with Crippen LogP contribution in [0.4, 0.5) is 21.3 Å². The predicted octanol–water partition coefficient (Wildman–Crippen LogP) is 3.10. The number of thiazole rings is 1. The number of aromatic nitrogens is 1. The Bertz CT molecular complexity index is 1020. The Morgan fingerprint density at radius 1 is 1.00 bits per heavy atom. The van der Waals surface area contributed by atoms with Gasteiger partial charge in [-0.05, 0) is 30.3 Å². The van der Waals surface area contributed by atoms with E-state index >= 15 is 0 Å². The van der Waals surface area contributed by atoms with Gasteiger partial charge in [0.25, 0.3) is 0 Å². The molecule has 1 aliphatic rings. The summed E-state index contributed by atoms with van der Waals surface area (Å²) in [6.07, 6.45) is 0.437. The van der Waals surface area contributed by atoms with E-state index in [4.69, 9.17) is 0 Å². The van der Waals surface area contributed by atoms with Crippen LogP contribution in [0, 0.1) is 0 Å². The van der Waals surface area contributed by atoms with Crippen molar-refractivity contribution in [3.63, 3.8) is 0 Å². The number of imide groups is 1. The molecule has 1 saturated heterocycles. The van der Waals surface area contributed by atoms with Crippen LogP contribution >= 0.6 is 11.3 Å². The molecule has 1 fully saturated rings. The standard InChI is InChI=1S/C18H15N5O3S/c24-15-8-9-16(25)23(15)18-20-13-7-6-12(10-14(13)27-18)19-17(26)22-21-11-4-2-1-3-5-11/h1-7,10,21H,8-9H2,(H2,19,22,26). The summed E-state index contributed by atoms with van der Waals surface area (Å²) >= 11 is 1.24. The largest absolute Gasteiger partial charge is 0.337 e. The van der Waals surface area contributed by atoms with Gasteiger partial charge in [-0.2, -0.15) is 0 Å². The number of para-hydroxylation sites is 1. The van der Waals surface area contributed by atoms with Crippen molar-refractivity contribution >= 4 is 55.9 Å². The Balaban J connectivity index is 1.46. The van der Waals surface area contributed by atoms with Gasteiger partial charge in [0.15, 0.2) is 5.13 Å². The molecule has 1 aliphatic heterocycles. The predicted molar refractivity (Wildman–Crippen MR) is 104 cm³/mol. The van der Waals surface area contributed by atoms with E-state index < -0.39 is 6.03 Å². The van der Waals surface area contributed by atoms with Crippen molar-refractivity contribution in [2.24, 2.45) is 0 Å². The topological polar surface area (TPSA) is 103 Å². The molecule has 136 valence electrons. The number of anilines is 3. The first-order valence-electron chi connectivity index (χ1n) is 8.24. The number of urea groups is 1. The summed E-state index contributed by atoms with van der Waals surface area (Å²) in [4.78, 5) is 41.2. The smallest absolute Gasteiger partial charge is 0.307 e. The number of hydrogen-bond donors (Lipinski definition) is 3. The van der Waals surface area contributed by atoms with Crippen LogP contribution in [0.25, 0.3) is 10.2 Å². The normalized spacial score (nSPS) is 13.9. The number of nitrogens with one attached hydrogen (secondary N) is 3. The SMILES string of the molecule is O=C(NNc1ccccc1)Nc1ccc2nc(N3C(=O)CCC3=O)sc2c1. The van der Waals surface area contributed by atoms with Crippen molar-refractivity contribution in [3.05, 3.63) is 48.5 Å². The van der Waals surface area contributed by atoms with Crippen LogP contribution in [-0.4, -0.2) is 22.8 Å². The van der Waals surface area contributed by atoms with E-state index in [0.29, 0.717) is 16.3 Å². The van der Waals surface area contributed by atoms with Crippen molar-refractivity contribution in [2.75, 3.05) is 15.6 Å². The molecule has 3 aromatic rings. The second-order valence-electron chi connectivity index (χ2n) is 5.87. The number of rotatable bonds is 4. The molecular weight excluding hydrogens is 366 g/mol. The quantitative estimate of drug-likeness (QED) is 0.476. The summed E-state index contributed by atoms with van der Waals surface area (Å²) in [5.41, 5.74) is 7.34. The lowest BCUT2D eigenvalue weighted by molar-refractivity contribution is -0.121. The van der Waals surface area contributed by atoms with E-state index in [1.54, 1.807) is 18.2 Å². The fraction of sp³-hybridized carbons (Fsp3) is 0.111. The lowest BCUT2D eigenvalue weighted by Crippen LogP contribution is -2.33. The molecule has 0 bridgehead atoms. The molecule has 27 heavy (non-hydrogen) atoms. The maximum Gasteiger partial charge on any atom is 0.337 e. The van der Waals surface area contributed by atoms with Gasteiger partial charge in [0.05, 0.1) is 15.9 Å². The molecule has 4 amide bonds. The molecule has 2 aromatic carbocycles. The van der Waals surface area contributed by atoms with Gasteiger partial charge in [-0.3, -0.25) is 20.4 Å². The van der Waals surface area contributed by atoms with Crippen LogP contribution in [0.1, 0.15) is 12.8 Å². The van der Waals surface area contributed by atoms with Crippen LogP contribution in [0.5, 0.6) is 0 Å². The van der Waals surface area contributed by atoms with Gasteiger partial charge in [-0.15, -0.1) is 0 Å². The minimum absolute atomic E-state index is 0.218. The first kappa shape index (κ1) is 17.0. The highest BCUT2D eigenvalue weighted by Crippen LogP contribution is 2.33. The van der Waals surface area contributed by atoms with E-state index in [0.717, 1.165) is 15.3 Å². The zero-order chi connectivity index (χ0) is 18.8. The average Bonchev–Trinajstić information content (AvgIpc) is 3.22. The molecule has 0 saturated carbocycles. The summed E-state index contributed by atoms with van der Waals surface area (Å²) < 4.78 is 0.770. The number of fused-ring (bicyclic) bond motifs is 1. The van der Waals surface area contributed by atoms with Gasteiger partial charge in [0.1, 0.15) is 0 Å². The summed E-state index contributed by atoms with van der Waals surface area (Å²) in [6.45, 7) is 0. The maximum atomic E-state index is 12.0. The van der Waals surface area contributed by atoms with Crippen molar-refractivity contribution in [1.82, 2.24) is 10.4 Å². The van der Waals surface area contributed by atoms with Crippen molar-refractivity contribution in [3.8, 4) is 0 Å². The molecule has 3 N–H and O–H groups in total. The van der Waals surface area contributed by atoms with E-state index in [9.17, 15) is 14.4 Å². The van der Waals surface area contributed by atoms with E-state index in [-0.39, 0.29) is 24.7 Å². The van der Waals surface area contributed by atoms with Gasteiger partial charge in [-0.25, -0.2) is 14.7 Å². The Kier molecular flexibility index (Phi) is 4.43. The number of hydrazine groups is 1. The number of carbonyl (C=O) groups is 3. The van der Waals surface area contributed by atoms with E-state index in [2.05, 4.69) is 21.2 Å². The number of benzene rings is 2. The minimum atomic E-state index is -0.423. The second-order valence-corrected chi connectivity index (χ2v) is 6.88. The fourth-order valence-electron chi connectivity index (χ4n) is 2.69. The van der Waals surface area contributed by atoms with Gasteiger partial charge >= 0.3 is 6.03 Å². The summed E-state index contributed by atoms with van der Waals surface area (Å²) in [7, 11) is 0. The number of hydrogen-bond acceptors (Lipinski definition) is 6. The van der Waals surface area contributed by atoms with Crippen LogP contribution in [0.2, 0.25) is 0 Å². The Labute approximate surface area is 158 Å². The highest BCUT2D eigenvalue weighted by molar-refractivity contribution is 7.22. The van der Waals surface area contributed by atoms with Gasteiger partial charge < -0.3 is 5.32 Å². The lowest BCUT2D eigenvalue weighted by atomic mass is 10.3. The molecular formula is C18H15N5O3S. The first-order chi connectivity index (χ1) is 13.1. The Morgan fingerprint density at radius 3 is 2.48 bits per heavy atom. The van der Waals surface area contributed by atoms with Gasteiger partial charge in [-0.1, -0.05) is 29.5 Å². The summed E-state index contributed by atoms with van der Waals surface area (Å²) in [6, 6.07) is 14.0. The minimum Gasteiger partial charge on any atom is -0.307 e. The van der Waals surface area contributed by atoms with Crippen LogP contribution in [0.15, 0.2) is 48.5 Å². The van der Waals surface area contributed by atoms with Crippen LogP contribution < -0.4 is 21.1 Å². The third-order valence-electron chi connectivity index (χ3n) is 3.97. The third-order valence-corrected chi connectivity index (χ3v) is 4.98. The molecule has 2 heterocycles. The molecule has 4 rings (SSSR count). The van der Waals surface area contributed by atoms with Crippen molar-refractivity contribution < 1.29 is 14.4 Å². The molecule has 0 spiro atoms. The third kappa shape index (κ3) is 3.58. The Morgan fingerprint density at radius 2 is 1.74 bits per heavy atom. The van der Waals surface area contributed by atoms with Crippen molar-refractivity contribution in [1.29, 1.82) is 0 Å². The van der Waals surface area contributed by atoms with Crippen molar-refractivity contribution in [2.45, 2.75) is 12.8 Å². The van der Waals surface area contributed by atoms with Gasteiger partial charge in [0, 0.05) is 18.5 Å². The molecule has 0 radical (unpaired) electrons. The van der Waals surface area contributed by atoms with E-state index in [1.165, 1.54) is 11.3 Å². The molecule has 1 aromatic heterocycles. The molecule has 8 nitrogen and oxygen atoms in total. The first-order valence-corrected chi connectivity index (χ1v) is 9.06. The molecule has 9 heteroatoms. The molecule has 0 unspecified atom stereocenters. The van der Waals surface area contributed by atoms with E-state index in [1.807, 2.05) is 30.3 Å². The molecule has 0 atom stereocenters. The highest BCUT2D eigenvalue weighted by Gasteiger charge is 2.32. The summed E-state index contributed by atoms with van der Waals surface area (Å²) in [5, 5.41) is 3.09. The maximum absolute atomic E-state index is 12.0. The average molecular weight is 381 g/mol. The fourth-order valence-corrected chi connectivity index (χ4v) is 3.73. The lowest BCUT2D eigenvalue weighted by Gasteiger charge is -2.09. The zero-order valence-corrected chi connectivity index (χ0v) is 14.9.